The van der Waals surface area contributed by atoms with Crippen LogP contribution in [0.3, 0.4) is 0 Å². The molecule has 18 heavy (non-hydrogen) atoms. The van der Waals surface area contributed by atoms with Gasteiger partial charge in [-0.2, -0.15) is 5.26 Å². The van der Waals surface area contributed by atoms with Gasteiger partial charge in [-0.3, -0.25) is 0 Å². The van der Waals surface area contributed by atoms with Crippen LogP contribution in [0.2, 0.25) is 20.1 Å². The first-order chi connectivity index (χ1) is 8.54. The van der Waals surface area contributed by atoms with Crippen LogP contribution in [-0.2, 0) is 4.74 Å². The van der Waals surface area contributed by atoms with Crippen molar-refractivity contribution >= 4 is 58.2 Å². The van der Waals surface area contributed by atoms with E-state index in [-0.39, 0.29) is 25.7 Å². The average Bonchev–Trinajstić information content (AvgIpc) is 2.36. The summed E-state index contributed by atoms with van der Waals surface area (Å²) in [6.07, 6.45) is 0. The number of nitriles is 1. The van der Waals surface area contributed by atoms with Crippen LogP contribution in [-0.4, -0.2) is 19.0 Å². The SMILES string of the molecule is CCOCCSc1c(Cl)c(Cl)c(C#N)c(Cl)c1Cl. The van der Waals surface area contributed by atoms with Crippen LogP contribution in [0, 0.1) is 11.3 Å². The molecule has 0 radical (unpaired) electrons. The van der Waals surface area contributed by atoms with Gasteiger partial charge in [-0.05, 0) is 6.92 Å². The first kappa shape index (κ1) is 16.2. The van der Waals surface area contributed by atoms with Crippen molar-refractivity contribution in [1.29, 1.82) is 5.26 Å². The molecule has 0 bridgehead atoms. The zero-order valence-corrected chi connectivity index (χ0v) is 13.2. The summed E-state index contributed by atoms with van der Waals surface area (Å²) in [5.41, 5.74) is 0.0995. The summed E-state index contributed by atoms with van der Waals surface area (Å²) in [4.78, 5) is 0.576. The molecule has 1 aromatic carbocycles. The fourth-order valence-electron chi connectivity index (χ4n) is 1.18. The summed E-state index contributed by atoms with van der Waals surface area (Å²) in [5.74, 6) is 0.672. The number of nitrogens with zero attached hydrogens (tertiary/aromatic N) is 1. The zero-order chi connectivity index (χ0) is 13.7. The minimum Gasteiger partial charge on any atom is -0.381 e. The number of benzene rings is 1. The lowest BCUT2D eigenvalue weighted by Crippen LogP contribution is -1.97. The Morgan fingerprint density at radius 3 is 2.11 bits per heavy atom. The third-order valence-electron chi connectivity index (χ3n) is 2.01. The van der Waals surface area contributed by atoms with Gasteiger partial charge >= 0.3 is 0 Å². The number of ether oxygens (including phenoxy) is 1. The van der Waals surface area contributed by atoms with Gasteiger partial charge in [0.05, 0.1) is 32.3 Å². The first-order valence-corrected chi connectivity index (χ1v) is 7.50. The van der Waals surface area contributed by atoms with Crippen LogP contribution < -0.4 is 0 Å². The molecule has 0 saturated carbocycles. The normalized spacial score (nSPS) is 10.4. The van der Waals surface area contributed by atoms with Crippen molar-refractivity contribution in [2.24, 2.45) is 0 Å². The topological polar surface area (TPSA) is 33.0 Å². The van der Waals surface area contributed by atoms with E-state index in [2.05, 4.69) is 0 Å². The number of rotatable bonds is 5. The van der Waals surface area contributed by atoms with Gasteiger partial charge < -0.3 is 4.74 Å². The monoisotopic (exact) mass is 343 g/mol. The molecule has 0 unspecified atom stereocenters. The van der Waals surface area contributed by atoms with E-state index in [1.807, 2.05) is 13.0 Å². The molecule has 1 rings (SSSR count). The highest BCUT2D eigenvalue weighted by molar-refractivity contribution is 7.99. The van der Waals surface area contributed by atoms with Gasteiger partial charge in [0.2, 0.25) is 0 Å². The molecule has 0 fully saturated rings. The quantitative estimate of drug-likeness (QED) is 0.412. The number of hydrogen-bond acceptors (Lipinski definition) is 3. The van der Waals surface area contributed by atoms with Gasteiger partial charge in [-0.25, -0.2) is 0 Å². The smallest absolute Gasteiger partial charge is 0.102 e. The molecule has 0 heterocycles. The van der Waals surface area contributed by atoms with Gasteiger partial charge in [0.15, 0.2) is 0 Å². The summed E-state index contributed by atoms with van der Waals surface area (Å²) in [7, 11) is 0. The molecule has 1 aromatic rings. The van der Waals surface area contributed by atoms with E-state index in [1.54, 1.807) is 0 Å². The lowest BCUT2D eigenvalue weighted by atomic mass is 10.2. The van der Waals surface area contributed by atoms with Gasteiger partial charge in [0.1, 0.15) is 6.07 Å². The Hall–Kier alpha value is 0.180. The van der Waals surface area contributed by atoms with Crippen LogP contribution in [0.5, 0.6) is 0 Å². The largest absolute Gasteiger partial charge is 0.381 e. The van der Waals surface area contributed by atoms with E-state index in [0.717, 1.165) is 0 Å². The molecular weight excluding hydrogens is 336 g/mol. The lowest BCUT2D eigenvalue weighted by molar-refractivity contribution is 0.164. The first-order valence-electron chi connectivity index (χ1n) is 5.01. The minimum absolute atomic E-state index is 0.0995. The molecule has 2 nitrogen and oxygen atoms in total. The maximum atomic E-state index is 8.92. The van der Waals surface area contributed by atoms with Crippen LogP contribution in [0.4, 0.5) is 0 Å². The maximum Gasteiger partial charge on any atom is 0.102 e. The Kier molecular flexibility index (Phi) is 6.94. The van der Waals surface area contributed by atoms with Crippen LogP contribution in [0.1, 0.15) is 12.5 Å². The molecule has 0 aliphatic heterocycles. The number of hydrogen-bond donors (Lipinski definition) is 0. The zero-order valence-electron chi connectivity index (χ0n) is 9.40. The third-order valence-corrected chi connectivity index (χ3v) is 5.01. The van der Waals surface area contributed by atoms with Crippen molar-refractivity contribution in [2.75, 3.05) is 19.0 Å². The number of halogens is 4. The predicted octanol–water partition coefficient (Wildman–Crippen LogP) is 5.30. The third kappa shape index (κ3) is 3.60. The number of thioether (sulfide) groups is 1. The van der Waals surface area contributed by atoms with E-state index >= 15 is 0 Å². The van der Waals surface area contributed by atoms with E-state index < -0.39 is 0 Å². The second kappa shape index (κ2) is 7.69. The van der Waals surface area contributed by atoms with E-state index in [9.17, 15) is 0 Å². The molecule has 0 spiro atoms. The lowest BCUT2D eigenvalue weighted by Gasteiger charge is -2.11. The van der Waals surface area contributed by atoms with Crippen molar-refractivity contribution in [2.45, 2.75) is 11.8 Å². The van der Waals surface area contributed by atoms with Gasteiger partial charge in [-0.1, -0.05) is 46.4 Å². The molecule has 0 atom stereocenters. The second-order valence-electron chi connectivity index (χ2n) is 3.12. The van der Waals surface area contributed by atoms with E-state index in [1.165, 1.54) is 11.8 Å². The summed E-state index contributed by atoms with van der Waals surface area (Å²) in [6.45, 7) is 3.14. The van der Waals surface area contributed by atoms with Crippen molar-refractivity contribution in [3.8, 4) is 6.07 Å². The molecule has 0 saturated heterocycles. The van der Waals surface area contributed by atoms with Gasteiger partial charge in [-0.15, -0.1) is 11.8 Å². The second-order valence-corrected chi connectivity index (χ2v) is 5.73. The van der Waals surface area contributed by atoms with Crippen LogP contribution >= 0.6 is 58.2 Å². The molecule has 0 aliphatic carbocycles. The Balaban J connectivity index is 3.03. The van der Waals surface area contributed by atoms with Crippen molar-refractivity contribution in [1.82, 2.24) is 0 Å². The average molecular weight is 345 g/mol. The standard InChI is InChI=1S/C11H9Cl4NOS/c1-2-17-3-4-18-11-9(14)7(12)6(5-16)8(13)10(11)15/h2-4H2,1H3. The minimum atomic E-state index is 0.0995. The molecule has 98 valence electrons. The Bertz CT molecular complexity index is 458. The van der Waals surface area contributed by atoms with Crippen molar-refractivity contribution in [3.63, 3.8) is 0 Å². The van der Waals surface area contributed by atoms with Crippen LogP contribution in [0.25, 0.3) is 0 Å². The summed E-state index contributed by atoms with van der Waals surface area (Å²) < 4.78 is 5.22. The summed E-state index contributed by atoms with van der Waals surface area (Å²) in [6, 6.07) is 1.88. The highest BCUT2D eigenvalue weighted by Gasteiger charge is 2.20. The predicted molar refractivity (Wildman–Crippen MR) is 78.4 cm³/mol. The van der Waals surface area contributed by atoms with E-state index in [4.69, 9.17) is 56.4 Å². The van der Waals surface area contributed by atoms with Crippen molar-refractivity contribution in [3.05, 3.63) is 25.7 Å². The van der Waals surface area contributed by atoms with Crippen molar-refractivity contribution < 1.29 is 4.74 Å². The maximum absolute atomic E-state index is 8.92. The molecule has 0 aromatic heterocycles. The van der Waals surface area contributed by atoms with E-state index in [0.29, 0.717) is 23.9 Å². The van der Waals surface area contributed by atoms with Gasteiger partial charge in [0, 0.05) is 17.3 Å². The highest BCUT2D eigenvalue weighted by Crippen LogP contribution is 2.45. The Morgan fingerprint density at radius 1 is 1.11 bits per heavy atom. The summed E-state index contributed by atoms with van der Waals surface area (Å²) >= 11 is 25.5. The van der Waals surface area contributed by atoms with Gasteiger partial charge in [0.25, 0.3) is 0 Å². The van der Waals surface area contributed by atoms with Crippen LogP contribution in [0.15, 0.2) is 4.90 Å². The Labute approximate surface area is 130 Å². The molecule has 0 N–H and O–H groups in total. The summed E-state index contributed by atoms with van der Waals surface area (Å²) in [5, 5.41) is 9.69. The highest BCUT2D eigenvalue weighted by atomic mass is 35.5. The molecule has 0 amide bonds. The fraction of sp³-hybridized carbons (Fsp3) is 0.364. The molecule has 0 aliphatic rings. The fourth-order valence-corrected chi connectivity index (χ4v) is 3.42. The molecule has 7 heteroatoms. The molecular formula is C11H9Cl4NOS. The Morgan fingerprint density at radius 2 is 1.67 bits per heavy atom.